The second kappa shape index (κ2) is 9.27. The van der Waals surface area contributed by atoms with Crippen LogP contribution in [0.2, 0.25) is 0 Å². The minimum Gasteiger partial charge on any atom is -0.491 e. The van der Waals surface area contributed by atoms with E-state index in [1.807, 2.05) is 50.2 Å². The summed E-state index contributed by atoms with van der Waals surface area (Å²) in [5.74, 6) is 1.81. The number of amides is 1. The van der Waals surface area contributed by atoms with Gasteiger partial charge in [0.25, 0.3) is 5.91 Å². The summed E-state index contributed by atoms with van der Waals surface area (Å²) in [5.41, 5.74) is 3.34. The van der Waals surface area contributed by atoms with E-state index in [-0.39, 0.29) is 5.91 Å². The normalized spacial score (nSPS) is 11.9. The maximum Gasteiger partial charge on any atom is 0.260 e. The third kappa shape index (κ3) is 5.51. The van der Waals surface area contributed by atoms with Gasteiger partial charge in [0.1, 0.15) is 18.1 Å². The van der Waals surface area contributed by atoms with Gasteiger partial charge in [0, 0.05) is 0 Å². The Morgan fingerprint density at radius 2 is 1.77 bits per heavy atom. The van der Waals surface area contributed by atoms with Crippen LogP contribution in [0.25, 0.3) is 0 Å². The lowest BCUT2D eigenvalue weighted by Gasteiger charge is -2.19. The molecule has 0 aliphatic rings. The van der Waals surface area contributed by atoms with Gasteiger partial charge in [-0.2, -0.15) is 0 Å². The fourth-order valence-corrected chi connectivity index (χ4v) is 2.65. The number of para-hydroxylation sites is 1. The predicted molar refractivity (Wildman–Crippen MR) is 105 cm³/mol. The molecular formula is C22H29NO3. The molecule has 4 nitrogen and oxygen atoms in total. The van der Waals surface area contributed by atoms with E-state index in [2.05, 4.69) is 25.2 Å². The molecule has 0 heterocycles. The lowest BCUT2D eigenvalue weighted by atomic mass is 10.0. The van der Waals surface area contributed by atoms with Crippen molar-refractivity contribution in [2.45, 2.75) is 46.6 Å². The Hall–Kier alpha value is -2.49. The lowest BCUT2D eigenvalue weighted by Crippen LogP contribution is -2.38. The molecule has 0 bridgehead atoms. The van der Waals surface area contributed by atoms with Crippen LogP contribution in [0.3, 0.4) is 0 Å². The van der Waals surface area contributed by atoms with Gasteiger partial charge in [0.2, 0.25) is 0 Å². The van der Waals surface area contributed by atoms with Crippen LogP contribution >= 0.6 is 0 Å². The summed E-state index contributed by atoms with van der Waals surface area (Å²) in [7, 11) is 0. The zero-order valence-electron chi connectivity index (χ0n) is 16.3. The van der Waals surface area contributed by atoms with Crippen molar-refractivity contribution in [1.82, 2.24) is 5.32 Å². The molecule has 0 saturated heterocycles. The largest absolute Gasteiger partial charge is 0.491 e. The highest BCUT2D eigenvalue weighted by Crippen LogP contribution is 2.26. The fourth-order valence-electron chi connectivity index (χ4n) is 2.65. The van der Waals surface area contributed by atoms with Crippen molar-refractivity contribution in [2.75, 3.05) is 13.2 Å². The van der Waals surface area contributed by atoms with E-state index >= 15 is 0 Å². The number of ether oxygens (including phenoxy) is 2. The number of nitrogens with one attached hydrogen (secondary N) is 1. The smallest absolute Gasteiger partial charge is 0.260 e. The summed E-state index contributed by atoms with van der Waals surface area (Å²) in [6, 6.07) is 13.9. The van der Waals surface area contributed by atoms with Crippen molar-refractivity contribution in [2.24, 2.45) is 0 Å². The van der Waals surface area contributed by atoms with E-state index in [4.69, 9.17) is 9.47 Å². The Morgan fingerprint density at radius 1 is 1.04 bits per heavy atom. The highest BCUT2D eigenvalue weighted by Gasteiger charge is 2.16. The van der Waals surface area contributed by atoms with Gasteiger partial charge in [-0.3, -0.25) is 4.79 Å². The van der Waals surface area contributed by atoms with Crippen LogP contribution in [0.1, 0.15) is 43.4 Å². The summed E-state index contributed by atoms with van der Waals surface area (Å²) in [4.78, 5) is 12.3. The van der Waals surface area contributed by atoms with Gasteiger partial charge in [0.05, 0.1) is 6.54 Å². The maximum atomic E-state index is 12.3. The van der Waals surface area contributed by atoms with E-state index in [1.54, 1.807) is 6.92 Å². The van der Waals surface area contributed by atoms with Crippen LogP contribution < -0.4 is 14.8 Å². The zero-order chi connectivity index (χ0) is 19.1. The van der Waals surface area contributed by atoms with Crippen molar-refractivity contribution < 1.29 is 14.3 Å². The standard InChI is InChI=1S/C22H29NO3/c1-15(2)19-8-6-7-9-20(19)26-18(5)22(24)23-12-13-25-21-14-16(3)10-11-17(21)4/h6-11,14-15,18H,12-13H2,1-5H3,(H,23,24)/t18-/m1/s1. The minimum absolute atomic E-state index is 0.145. The van der Waals surface area contributed by atoms with Crippen molar-refractivity contribution >= 4 is 5.91 Å². The first-order chi connectivity index (χ1) is 12.4. The highest BCUT2D eigenvalue weighted by atomic mass is 16.5. The molecule has 1 atom stereocenters. The van der Waals surface area contributed by atoms with Gasteiger partial charge in [-0.05, 0) is 55.5 Å². The molecule has 0 radical (unpaired) electrons. The van der Waals surface area contributed by atoms with Gasteiger partial charge < -0.3 is 14.8 Å². The van der Waals surface area contributed by atoms with E-state index in [9.17, 15) is 4.79 Å². The summed E-state index contributed by atoms with van der Waals surface area (Å²) in [5, 5.41) is 2.87. The monoisotopic (exact) mass is 355 g/mol. The van der Waals surface area contributed by atoms with Gasteiger partial charge in [-0.25, -0.2) is 0 Å². The first kappa shape index (κ1) is 19.8. The SMILES string of the molecule is Cc1ccc(C)c(OCCNC(=O)[C@@H](C)Oc2ccccc2C(C)C)c1. The second-order valence-corrected chi connectivity index (χ2v) is 6.86. The molecule has 0 aliphatic heterocycles. The van der Waals surface area contributed by atoms with Crippen LogP contribution in [0.4, 0.5) is 0 Å². The summed E-state index contributed by atoms with van der Waals surface area (Å²) in [6.45, 7) is 10.9. The number of carbonyl (C=O) groups is 1. The molecule has 1 N–H and O–H groups in total. The molecule has 4 heteroatoms. The zero-order valence-corrected chi connectivity index (χ0v) is 16.3. The Labute approximate surface area is 156 Å². The van der Waals surface area contributed by atoms with Crippen LogP contribution in [0, 0.1) is 13.8 Å². The average molecular weight is 355 g/mol. The number of hydrogen-bond acceptors (Lipinski definition) is 3. The van der Waals surface area contributed by atoms with E-state index in [0.29, 0.717) is 19.1 Å². The Kier molecular flexibility index (Phi) is 7.07. The van der Waals surface area contributed by atoms with Crippen LogP contribution in [-0.2, 0) is 4.79 Å². The predicted octanol–water partition coefficient (Wildman–Crippen LogP) is 4.39. The quantitative estimate of drug-likeness (QED) is 0.715. The topological polar surface area (TPSA) is 47.6 Å². The molecule has 0 saturated carbocycles. The van der Waals surface area contributed by atoms with Crippen molar-refractivity contribution in [3.05, 3.63) is 59.2 Å². The van der Waals surface area contributed by atoms with Crippen LogP contribution in [0.15, 0.2) is 42.5 Å². The van der Waals surface area contributed by atoms with Crippen molar-refractivity contribution in [3.63, 3.8) is 0 Å². The number of benzene rings is 2. The molecule has 0 spiro atoms. The Bertz CT molecular complexity index is 740. The van der Waals surface area contributed by atoms with Gasteiger partial charge >= 0.3 is 0 Å². The van der Waals surface area contributed by atoms with E-state index in [0.717, 1.165) is 28.2 Å². The summed E-state index contributed by atoms with van der Waals surface area (Å²) < 4.78 is 11.6. The third-order valence-corrected chi connectivity index (χ3v) is 4.22. The minimum atomic E-state index is -0.560. The molecule has 2 rings (SSSR count). The van der Waals surface area contributed by atoms with Crippen molar-refractivity contribution in [3.8, 4) is 11.5 Å². The second-order valence-electron chi connectivity index (χ2n) is 6.86. The molecule has 26 heavy (non-hydrogen) atoms. The number of carbonyl (C=O) groups excluding carboxylic acids is 1. The first-order valence-corrected chi connectivity index (χ1v) is 9.12. The number of rotatable bonds is 8. The van der Waals surface area contributed by atoms with E-state index in [1.165, 1.54) is 0 Å². The van der Waals surface area contributed by atoms with Crippen LogP contribution in [-0.4, -0.2) is 25.2 Å². The molecule has 0 unspecified atom stereocenters. The van der Waals surface area contributed by atoms with Gasteiger partial charge in [-0.15, -0.1) is 0 Å². The number of hydrogen-bond donors (Lipinski definition) is 1. The Morgan fingerprint density at radius 3 is 2.50 bits per heavy atom. The Balaban J connectivity index is 1.81. The van der Waals surface area contributed by atoms with Gasteiger partial charge in [0.15, 0.2) is 6.10 Å². The van der Waals surface area contributed by atoms with Gasteiger partial charge in [-0.1, -0.05) is 44.2 Å². The number of aryl methyl sites for hydroxylation is 2. The maximum absolute atomic E-state index is 12.3. The molecule has 140 valence electrons. The molecule has 0 fully saturated rings. The molecule has 1 amide bonds. The fraction of sp³-hybridized carbons (Fsp3) is 0.409. The molecule has 0 aromatic heterocycles. The average Bonchev–Trinajstić information content (AvgIpc) is 2.61. The summed E-state index contributed by atoms with van der Waals surface area (Å²) >= 11 is 0. The lowest BCUT2D eigenvalue weighted by molar-refractivity contribution is -0.127. The molecular weight excluding hydrogens is 326 g/mol. The summed E-state index contributed by atoms with van der Waals surface area (Å²) in [6.07, 6.45) is -0.560. The molecule has 2 aromatic rings. The van der Waals surface area contributed by atoms with Crippen LogP contribution in [0.5, 0.6) is 11.5 Å². The third-order valence-electron chi connectivity index (χ3n) is 4.22. The molecule has 2 aromatic carbocycles. The first-order valence-electron chi connectivity index (χ1n) is 9.12. The highest BCUT2D eigenvalue weighted by molar-refractivity contribution is 5.80. The molecule has 0 aliphatic carbocycles. The van der Waals surface area contributed by atoms with Crippen molar-refractivity contribution in [1.29, 1.82) is 0 Å². The van der Waals surface area contributed by atoms with E-state index < -0.39 is 6.10 Å².